The van der Waals surface area contributed by atoms with Crippen molar-refractivity contribution in [2.45, 2.75) is 26.3 Å². The maximum Gasteiger partial charge on any atom is 0.260 e. The first-order valence-electron chi connectivity index (χ1n) is 9.91. The highest BCUT2D eigenvalue weighted by atomic mass is 32.2. The number of aryl methyl sites for hydroxylation is 2. The van der Waals surface area contributed by atoms with Crippen molar-refractivity contribution in [1.29, 1.82) is 0 Å². The number of methoxy groups -OCH3 is 1. The summed E-state index contributed by atoms with van der Waals surface area (Å²) in [5, 5.41) is 6.30. The van der Waals surface area contributed by atoms with Crippen LogP contribution in [0.3, 0.4) is 0 Å². The van der Waals surface area contributed by atoms with Gasteiger partial charge in [-0.1, -0.05) is 17.8 Å². The monoisotopic (exact) mass is 437 g/mol. The number of halogens is 1. The van der Waals surface area contributed by atoms with E-state index in [4.69, 9.17) is 4.74 Å². The summed E-state index contributed by atoms with van der Waals surface area (Å²) in [6, 6.07) is 14.3. The van der Waals surface area contributed by atoms with Crippen molar-refractivity contribution in [3.05, 3.63) is 81.8 Å². The van der Waals surface area contributed by atoms with Crippen molar-refractivity contribution >= 4 is 29.4 Å². The summed E-state index contributed by atoms with van der Waals surface area (Å²) in [5.74, 6) is 0.331. The third-order valence-corrected chi connectivity index (χ3v) is 6.24. The number of nitrogens with zero attached hydrogens (tertiary/aromatic N) is 1. The van der Waals surface area contributed by atoms with E-state index in [2.05, 4.69) is 15.2 Å². The van der Waals surface area contributed by atoms with E-state index in [1.165, 1.54) is 23.9 Å². The topological polar surface area (TPSA) is 55.3 Å². The molecule has 31 heavy (non-hydrogen) atoms. The average Bonchev–Trinajstić information content (AvgIpc) is 3.21. The summed E-state index contributed by atoms with van der Waals surface area (Å²) in [4.78, 5) is 13.2. The Bertz CT molecular complexity index is 1170. The summed E-state index contributed by atoms with van der Waals surface area (Å²) >= 11 is 1.43. The molecule has 2 aromatic carbocycles. The number of rotatable bonds is 5. The van der Waals surface area contributed by atoms with Crippen LogP contribution in [0.25, 0.3) is 11.8 Å². The number of nitrogens with one attached hydrogen (secondary N) is 2. The quantitative estimate of drug-likeness (QED) is 0.542. The maximum atomic E-state index is 13.3. The van der Waals surface area contributed by atoms with Crippen molar-refractivity contribution < 1.29 is 13.9 Å². The highest BCUT2D eigenvalue weighted by Crippen LogP contribution is 2.34. The number of thioether (sulfide) groups is 1. The minimum atomic E-state index is -0.296. The first-order chi connectivity index (χ1) is 14.9. The molecule has 2 heterocycles. The molecular formula is C24H24FN3O2S. The molecule has 1 amide bonds. The van der Waals surface area contributed by atoms with Crippen molar-refractivity contribution in [2.24, 2.45) is 0 Å². The highest BCUT2D eigenvalue weighted by molar-refractivity contribution is 8.05. The number of aromatic nitrogens is 1. The Labute approximate surface area is 185 Å². The van der Waals surface area contributed by atoms with Crippen LogP contribution in [0.5, 0.6) is 5.75 Å². The minimum Gasteiger partial charge on any atom is -0.495 e. The van der Waals surface area contributed by atoms with Crippen LogP contribution in [0.4, 0.5) is 10.1 Å². The lowest BCUT2D eigenvalue weighted by molar-refractivity contribution is -0.116. The molecule has 3 aromatic rings. The standard InChI is InChI=1S/C24H24FN3O2S/c1-14-5-10-21(30-4)20(11-14)26-24-27-23(29)22(31-24)13-17-12-15(2)28(16(17)3)19-8-6-18(25)7-9-19/h5-13,24,26H,1-4H3,(H,27,29)/b22-13-. The Balaban J connectivity index is 1.58. The maximum absolute atomic E-state index is 13.3. The molecule has 1 saturated heterocycles. The van der Waals surface area contributed by atoms with Crippen LogP contribution in [0.15, 0.2) is 53.4 Å². The molecule has 1 aliphatic heterocycles. The molecule has 1 aromatic heterocycles. The lowest BCUT2D eigenvalue weighted by Crippen LogP contribution is -2.31. The molecule has 4 rings (SSSR count). The number of hydrogen-bond donors (Lipinski definition) is 2. The average molecular weight is 438 g/mol. The van der Waals surface area contributed by atoms with E-state index in [1.54, 1.807) is 19.2 Å². The molecule has 0 saturated carbocycles. The van der Waals surface area contributed by atoms with Gasteiger partial charge in [-0.25, -0.2) is 4.39 Å². The smallest absolute Gasteiger partial charge is 0.260 e. The second kappa shape index (κ2) is 8.51. The molecule has 160 valence electrons. The van der Waals surface area contributed by atoms with Crippen LogP contribution in [0.2, 0.25) is 0 Å². The van der Waals surface area contributed by atoms with Crippen LogP contribution in [0.1, 0.15) is 22.5 Å². The molecule has 1 aliphatic rings. The van der Waals surface area contributed by atoms with Gasteiger partial charge in [0, 0.05) is 17.1 Å². The molecule has 7 heteroatoms. The zero-order valence-corrected chi connectivity index (χ0v) is 18.6. The summed E-state index contributed by atoms with van der Waals surface area (Å²) in [6.45, 7) is 6.00. The highest BCUT2D eigenvalue weighted by Gasteiger charge is 2.28. The van der Waals surface area contributed by atoms with Gasteiger partial charge in [0.1, 0.15) is 11.6 Å². The van der Waals surface area contributed by atoms with Gasteiger partial charge in [0.15, 0.2) is 5.50 Å². The Kier molecular flexibility index (Phi) is 5.78. The zero-order chi connectivity index (χ0) is 22.1. The van der Waals surface area contributed by atoms with E-state index >= 15 is 0 Å². The molecule has 0 bridgehead atoms. The zero-order valence-electron chi connectivity index (χ0n) is 17.8. The molecule has 1 atom stereocenters. The van der Waals surface area contributed by atoms with Gasteiger partial charge in [-0.2, -0.15) is 0 Å². The van der Waals surface area contributed by atoms with Crippen LogP contribution >= 0.6 is 11.8 Å². The number of amides is 1. The van der Waals surface area contributed by atoms with Crippen molar-refractivity contribution in [1.82, 2.24) is 9.88 Å². The first kappa shape index (κ1) is 21.1. The van der Waals surface area contributed by atoms with Crippen LogP contribution in [-0.2, 0) is 4.79 Å². The van der Waals surface area contributed by atoms with Crippen LogP contribution in [-0.4, -0.2) is 23.1 Å². The molecule has 1 fully saturated rings. The van der Waals surface area contributed by atoms with Crippen molar-refractivity contribution in [3.63, 3.8) is 0 Å². The van der Waals surface area contributed by atoms with Crippen molar-refractivity contribution in [3.8, 4) is 11.4 Å². The summed E-state index contributed by atoms with van der Waals surface area (Å²) in [7, 11) is 1.62. The van der Waals surface area contributed by atoms with Crippen LogP contribution in [0, 0.1) is 26.6 Å². The van der Waals surface area contributed by atoms with Gasteiger partial charge in [0.05, 0.1) is 17.7 Å². The molecule has 0 spiro atoms. The van der Waals surface area contributed by atoms with Gasteiger partial charge in [-0.05, 0) is 80.4 Å². The second-order valence-electron chi connectivity index (χ2n) is 7.47. The SMILES string of the molecule is COc1ccc(C)cc1NC1NC(=O)/C(=C/c2cc(C)n(-c3ccc(F)cc3)c2C)S1. The molecule has 1 unspecified atom stereocenters. The lowest BCUT2D eigenvalue weighted by atomic mass is 10.2. The Morgan fingerprint density at radius 3 is 2.58 bits per heavy atom. The minimum absolute atomic E-state index is 0.124. The van der Waals surface area contributed by atoms with Gasteiger partial charge in [-0.15, -0.1) is 0 Å². The number of ether oxygens (including phenoxy) is 1. The third-order valence-electron chi connectivity index (χ3n) is 5.21. The van der Waals surface area contributed by atoms with E-state index in [0.717, 1.165) is 39.6 Å². The Morgan fingerprint density at radius 2 is 1.87 bits per heavy atom. The molecule has 5 nitrogen and oxygen atoms in total. The first-order valence-corrected chi connectivity index (χ1v) is 10.8. The summed E-state index contributed by atoms with van der Waals surface area (Å²) in [5.41, 5.74) is 5.47. The third kappa shape index (κ3) is 4.32. The van der Waals surface area contributed by atoms with E-state index in [1.807, 2.05) is 51.1 Å². The fraction of sp³-hybridized carbons (Fsp3) is 0.208. The predicted octanol–water partition coefficient (Wildman–Crippen LogP) is 5.15. The fourth-order valence-corrected chi connectivity index (χ4v) is 4.67. The number of benzene rings is 2. The normalized spacial score (nSPS) is 17.1. The number of carbonyl (C=O) groups excluding carboxylic acids is 1. The summed E-state index contributed by atoms with van der Waals surface area (Å²) in [6.07, 6.45) is 1.90. The number of anilines is 1. The Morgan fingerprint density at radius 1 is 1.13 bits per heavy atom. The second-order valence-corrected chi connectivity index (χ2v) is 8.61. The van der Waals surface area contributed by atoms with Crippen LogP contribution < -0.4 is 15.4 Å². The number of hydrogen-bond acceptors (Lipinski definition) is 4. The fourth-order valence-electron chi connectivity index (χ4n) is 3.70. The van der Waals surface area contributed by atoms with Gasteiger partial charge in [-0.3, -0.25) is 4.79 Å². The molecule has 0 radical (unpaired) electrons. The number of carbonyl (C=O) groups is 1. The largest absolute Gasteiger partial charge is 0.495 e. The van der Waals surface area contributed by atoms with Crippen molar-refractivity contribution in [2.75, 3.05) is 12.4 Å². The van der Waals surface area contributed by atoms with E-state index in [0.29, 0.717) is 4.91 Å². The van der Waals surface area contributed by atoms with Gasteiger partial charge >= 0.3 is 0 Å². The van der Waals surface area contributed by atoms with Gasteiger partial charge in [0.25, 0.3) is 5.91 Å². The Hall–Kier alpha value is -3.19. The molecule has 0 aliphatic carbocycles. The van der Waals surface area contributed by atoms with E-state index in [-0.39, 0.29) is 17.2 Å². The van der Waals surface area contributed by atoms with E-state index < -0.39 is 0 Å². The molecular weight excluding hydrogens is 413 g/mol. The summed E-state index contributed by atoms with van der Waals surface area (Å²) < 4.78 is 20.8. The lowest BCUT2D eigenvalue weighted by Gasteiger charge is -2.16. The molecule has 2 N–H and O–H groups in total. The predicted molar refractivity (Wildman–Crippen MR) is 124 cm³/mol. The van der Waals surface area contributed by atoms with Gasteiger partial charge < -0.3 is 19.9 Å². The van der Waals surface area contributed by atoms with Gasteiger partial charge in [0.2, 0.25) is 0 Å². The van der Waals surface area contributed by atoms with E-state index in [9.17, 15) is 9.18 Å².